The third-order valence-electron chi connectivity index (χ3n) is 2.57. The van der Waals surface area contributed by atoms with Gasteiger partial charge in [-0.2, -0.15) is 0 Å². The Morgan fingerprint density at radius 1 is 1.62 bits per heavy atom. The molecule has 0 bridgehead atoms. The van der Waals surface area contributed by atoms with E-state index in [1.54, 1.807) is 11.8 Å². The third kappa shape index (κ3) is 2.53. The van der Waals surface area contributed by atoms with Crippen LogP contribution in [-0.4, -0.2) is 23.6 Å². The molecule has 0 fully saturated rings. The Bertz CT molecular complexity index is 394. The predicted octanol–water partition coefficient (Wildman–Crippen LogP) is 2.62. The van der Waals surface area contributed by atoms with Crippen molar-refractivity contribution in [3.63, 3.8) is 0 Å². The van der Waals surface area contributed by atoms with Crippen molar-refractivity contribution < 1.29 is 4.79 Å². The summed E-state index contributed by atoms with van der Waals surface area (Å²) in [7, 11) is 0. The van der Waals surface area contributed by atoms with Gasteiger partial charge in [-0.1, -0.05) is 18.2 Å². The molecule has 2 unspecified atom stereocenters. The maximum absolute atomic E-state index is 11.9. The minimum absolute atomic E-state index is 0.0170. The zero-order valence-electron chi connectivity index (χ0n) is 9.07. The predicted molar refractivity (Wildman–Crippen MR) is 68.2 cm³/mol. The summed E-state index contributed by atoms with van der Waals surface area (Å²) in [4.78, 5) is 13.2. The van der Waals surface area contributed by atoms with Crippen LogP contribution in [0, 0.1) is 0 Å². The quantitative estimate of drug-likeness (QED) is 0.842. The van der Waals surface area contributed by atoms with Crippen LogP contribution in [0.2, 0.25) is 0 Å². The molecule has 0 spiro atoms. The highest BCUT2D eigenvalue weighted by Crippen LogP contribution is 2.39. The highest BCUT2D eigenvalue weighted by atomic mass is 35.5. The average molecular weight is 256 g/mol. The van der Waals surface area contributed by atoms with E-state index in [0.717, 1.165) is 11.3 Å². The van der Waals surface area contributed by atoms with Gasteiger partial charge in [0.2, 0.25) is 5.91 Å². The number of fused-ring (bicyclic) bond motifs is 1. The minimum Gasteiger partial charge on any atom is -0.354 e. The molecule has 16 heavy (non-hydrogen) atoms. The summed E-state index contributed by atoms with van der Waals surface area (Å²) in [5.41, 5.74) is 1.15. The summed E-state index contributed by atoms with van der Waals surface area (Å²) in [5.74, 6) is 0.906. The Balaban J connectivity index is 2.04. The molecule has 1 heterocycles. The summed E-state index contributed by atoms with van der Waals surface area (Å²) in [6, 6.07) is 8.09. The van der Waals surface area contributed by atoms with Crippen molar-refractivity contribution in [2.24, 2.45) is 0 Å². The second kappa shape index (κ2) is 5.11. The first kappa shape index (κ1) is 11.8. The van der Waals surface area contributed by atoms with Gasteiger partial charge in [-0.25, -0.2) is 0 Å². The van der Waals surface area contributed by atoms with Crippen molar-refractivity contribution >= 4 is 29.3 Å². The van der Waals surface area contributed by atoms with Crippen LogP contribution in [0.3, 0.4) is 0 Å². The van der Waals surface area contributed by atoms with E-state index in [9.17, 15) is 4.79 Å². The summed E-state index contributed by atoms with van der Waals surface area (Å²) in [6.07, 6.45) is 0. The van der Waals surface area contributed by atoms with E-state index in [1.807, 2.05) is 25.1 Å². The van der Waals surface area contributed by atoms with Crippen molar-refractivity contribution in [2.45, 2.75) is 23.1 Å². The Kier molecular flexibility index (Phi) is 3.77. The molecule has 1 N–H and O–H groups in total. The number of carbonyl (C=O) groups is 1. The SMILES string of the molecule is CC(Cl)CNC(=O)C1CSc2ccccc21. The van der Waals surface area contributed by atoms with E-state index in [1.165, 1.54) is 4.90 Å². The van der Waals surface area contributed by atoms with Gasteiger partial charge in [0, 0.05) is 22.6 Å². The second-order valence-electron chi connectivity index (χ2n) is 3.93. The number of amides is 1. The average Bonchev–Trinajstić information content (AvgIpc) is 2.69. The zero-order valence-corrected chi connectivity index (χ0v) is 10.6. The first-order valence-corrected chi connectivity index (χ1v) is 6.74. The molecule has 0 aromatic heterocycles. The van der Waals surface area contributed by atoms with Crippen LogP contribution < -0.4 is 5.32 Å². The van der Waals surface area contributed by atoms with Crippen LogP contribution in [0.5, 0.6) is 0 Å². The second-order valence-corrected chi connectivity index (χ2v) is 5.73. The van der Waals surface area contributed by atoms with Crippen molar-refractivity contribution in [3.8, 4) is 0 Å². The Labute approximate surface area is 105 Å². The van der Waals surface area contributed by atoms with E-state index in [4.69, 9.17) is 11.6 Å². The fraction of sp³-hybridized carbons (Fsp3) is 0.417. The van der Waals surface area contributed by atoms with Crippen LogP contribution in [-0.2, 0) is 4.79 Å². The van der Waals surface area contributed by atoms with Crippen LogP contribution in [0.1, 0.15) is 18.4 Å². The smallest absolute Gasteiger partial charge is 0.228 e. The van der Waals surface area contributed by atoms with Gasteiger partial charge >= 0.3 is 0 Å². The summed E-state index contributed by atoms with van der Waals surface area (Å²) in [6.45, 7) is 2.41. The Hall–Kier alpha value is -0.670. The molecular weight excluding hydrogens is 242 g/mol. The number of nitrogens with one attached hydrogen (secondary N) is 1. The number of alkyl halides is 1. The van der Waals surface area contributed by atoms with Crippen molar-refractivity contribution in [1.29, 1.82) is 0 Å². The number of thioether (sulfide) groups is 1. The summed E-state index contributed by atoms with van der Waals surface area (Å²) < 4.78 is 0. The van der Waals surface area contributed by atoms with Gasteiger partial charge in [-0.15, -0.1) is 23.4 Å². The van der Waals surface area contributed by atoms with Gasteiger partial charge in [0.05, 0.1) is 5.92 Å². The number of halogens is 1. The molecular formula is C12H14ClNOS. The third-order valence-corrected chi connectivity index (χ3v) is 3.91. The van der Waals surface area contributed by atoms with Crippen molar-refractivity contribution in [1.82, 2.24) is 5.32 Å². The van der Waals surface area contributed by atoms with E-state index < -0.39 is 0 Å². The van der Waals surface area contributed by atoms with Gasteiger partial charge in [-0.3, -0.25) is 4.79 Å². The van der Waals surface area contributed by atoms with Gasteiger partial charge in [0.1, 0.15) is 0 Å². The molecule has 1 aliphatic rings. The molecule has 2 rings (SSSR count). The molecule has 0 saturated carbocycles. The maximum atomic E-state index is 11.9. The van der Waals surface area contributed by atoms with E-state index >= 15 is 0 Å². The lowest BCUT2D eigenvalue weighted by atomic mass is 10.0. The van der Waals surface area contributed by atoms with Gasteiger partial charge < -0.3 is 5.32 Å². The standard InChI is InChI=1S/C12H14ClNOS/c1-8(13)6-14-12(15)10-7-16-11-5-3-2-4-9(10)11/h2-5,8,10H,6-7H2,1H3,(H,14,15). The van der Waals surface area contributed by atoms with Gasteiger partial charge in [0.25, 0.3) is 0 Å². The Morgan fingerprint density at radius 3 is 3.12 bits per heavy atom. The normalized spacial score (nSPS) is 20.2. The largest absolute Gasteiger partial charge is 0.354 e. The lowest BCUT2D eigenvalue weighted by Gasteiger charge is -2.12. The number of hydrogen-bond acceptors (Lipinski definition) is 2. The molecule has 86 valence electrons. The number of carbonyl (C=O) groups excluding carboxylic acids is 1. The lowest BCUT2D eigenvalue weighted by molar-refractivity contribution is -0.122. The van der Waals surface area contributed by atoms with Crippen LogP contribution >= 0.6 is 23.4 Å². The molecule has 0 radical (unpaired) electrons. The number of benzene rings is 1. The Morgan fingerprint density at radius 2 is 2.38 bits per heavy atom. The molecule has 4 heteroatoms. The number of hydrogen-bond donors (Lipinski definition) is 1. The summed E-state index contributed by atoms with van der Waals surface area (Å²) in [5, 5.41) is 2.86. The monoisotopic (exact) mass is 255 g/mol. The molecule has 1 aromatic carbocycles. The van der Waals surface area contributed by atoms with Crippen molar-refractivity contribution in [3.05, 3.63) is 29.8 Å². The maximum Gasteiger partial charge on any atom is 0.228 e. The van der Waals surface area contributed by atoms with E-state index in [-0.39, 0.29) is 17.2 Å². The lowest BCUT2D eigenvalue weighted by Crippen LogP contribution is -2.33. The fourth-order valence-electron chi connectivity index (χ4n) is 1.74. The topological polar surface area (TPSA) is 29.1 Å². The highest BCUT2D eigenvalue weighted by Gasteiger charge is 2.28. The van der Waals surface area contributed by atoms with Crippen LogP contribution in [0.25, 0.3) is 0 Å². The first-order chi connectivity index (χ1) is 7.68. The van der Waals surface area contributed by atoms with E-state index in [2.05, 4.69) is 11.4 Å². The molecule has 1 aliphatic heterocycles. The zero-order chi connectivity index (χ0) is 11.5. The molecule has 0 aliphatic carbocycles. The van der Waals surface area contributed by atoms with Crippen molar-refractivity contribution in [2.75, 3.05) is 12.3 Å². The van der Waals surface area contributed by atoms with E-state index in [0.29, 0.717) is 6.54 Å². The molecule has 2 nitrogen and oxygen atoms in total. The summed E-state index contributed by atoms with van der Waals surface area (Å²) >= 11 is 7.55. The van der Waals surface area contributed by atoms with Gasteiger partial charge in [-0.05, 0) is 18.6 Å². The molecule has 1 amide bonds. The number of rotatable bonds is 3. The van der Waals surface area contributed by atoms with Crippen LogP contribution in [0.4, 0.5) is 0 Å². The fourth-order valence-corrected chi connectivity index (χ4v) is 3.05. The molecule has 0 saturated heterocycles. The highest BCUT2D eigenvalue weighted by molar-refractivity contribution is 7.99. The minimum atomic E-state index is -0.0201. The molecule has 2 atom stereocenters. The molecule has 1 aromatic rings. The first-order valence-electron chi connectivity index (χ1n) is 5.32. The van der Waals surface area contributed by atoms with Gasteiger partial charge in [0.15, 0.2) is 0 Å². The van der Waals surface area contributed by atoms with Crippen LogP contribution in [0.15, 0.2) is 29.2 Å².